The highest BCUT2D eigenvalue weighted by atomic mass is 32.2. The molecule has 8 nitrogen and oxygen atoms in total. The number of anilines is 1. The number of aromatic amines is 1. The van der Waals surface area contributed by atoms with E-state index in [0.717, 1.165) is 17.4 Å². The van der Waals surface area contributed by atoms with Crippen molar-refractivity contribution in [1.82, 2.24) is 34.9 Å². The number of nitrogens with one attached hydrogen (secondary N) is 2. The third-order valence-corrected chi connectivity index (χ3v) is 4.63. The lowest BCUT2D eigenvalue weighted by Gasteiger charge is -2.12. The fourth-order valence-electron chi connectivity index (χ4n) is 2.57. The number of rotatable bonds is 6. The molecule has 0 aliphatic rings. The van der Waals surface area contributed by atoms with Crippen molar-refractivity contribution in [2.24, 2.45) is 0 Å². The predicted octanol–water partition coefficient (Wildman–Crippen LogP) is 3.39. The van der Waals surface area contributed by atoms with Gasteiger partial charge >= 0.3 is 0 Å². The molecule has 28 heavy (non-hydrogen) atoms. The van der Waals surface area contributed by atoms with Crippen LogP contribution in [0.1, 0.15) is 6.92 Å². The molecule has 3 aromatic heterocycles. The van der Waals surface area contributed by atoms with Crippen LogP contribution in [0.15, 0.2) is 41.7 Å². The quantitative estimate of drug-likeness (QED) is 0.477. The summed E-state index contributed by atoms with van der Waals surface area (Å²) in [6, 6.07) is 7.89. The number of hydrogen-bond acceptors (Lipinski definition) is 7. The Labute approximate surface area is 162 Å². The van der Waals surface area contributed by atoms with Crippen molar-refractivity contribution in [1.29, 1.82) is 0 Å². The number of aromatic nitrogens is 7. The maximum absolute atomic E-state index is 13.2. The van der Waals surface area contributed by atoms with Gasteiger partial charge in [0, 0.05) is 17.4 Å². The second kappa shape index (κ2) is 7.15. The average molecular weight is 402 g/mol. The van der Waals surface area contributed by atoms with Gasteiger partial charge < -0.3 is 10.3 Å². The highest BCUT2D eigenvalue weighted by Crippen LogP contribution is 2.24. The van der Waals surface area contributed by atoms with Crippen molar-refractivity contribution in [2.75, 3.05) is 18.1 Å². The van der Waals surface area contributed by atoms with Crippen LogP contribution in [-0.2, 0) is 0 Å². The second-order valence-electron chi connectivity index (χ2n) is 6.18. The minimum Gasteiger partial charge on any atom is -0.362 e. The van der Waals surface area contributed by atoms with Crippen LogP contribution >= 0.6 is 11.8 Å². The Bertz CT molecular complexity index is 1120. The summed E-state index contributed by atoms with van der Waals surface area (Å²) in [6.45, 7) is 0.264. The van der Waals surface area contributed by atoms with Crippen LogP contribution in [0.25, 0.3) is 28.4 Å². The van der Waals surface area contributed by atoms with E-state index in [1.54, 1.807) is 18.0 Å². The number of nitrogens with zero attached hydrogens (tertiary/aromatic N) is 6. The topological polar surface area (TPSA) is 97.2 Å². The molecular weight excluding hydrogens is 386 g/mol. The zero-order chi connectivity index (χ0) is 19.7. The van der Waals surface area contributed by atoms with Gasteiger partial charge in [0.25, 0.3) is 11.9 Å². The van der Waals surface area contributed by atoms with E-state index in [2.05, 4.69) is 35.6 Å². The normalized spacial score (nSPS) is 11.9. The number of benzene rings is 1. The molecule has 0 saturated carbocycles. The molecule has 0 radical (unpaired) electrons. The van der Waals surface area contributed by atoms with Crippen molar-refractivity contribution in [2.45, 2.75) is 17.7 Å². The average Bonchev–Trinajstić information content (AvgIpc) is 3.34. The fourth-order valence-corrected chi connectivity index (χ4v) is 3.03. The largest absolute Gasteiger partial charge is 0.362 e. The monoisotopic (exact) mass is 402 g/mol. The molecule has 0 aliphatic carbocycles. The summed E-state index contributed by atoms with van der Waals surface area (Å²) in [7, 11) is 0. The number of hydrogen-bond donors (Lipinski definition) is 2. The lowest BCUT2D eigenvalue weighted by Crippen LogP contribution is -2.23. The molecule has 0 spiro atoms. The molecule has 0 saturated heterocycles. The molecule has 0 amide bonds. The molecule has 4 rings (SSSR count). The van der Waals surface area contributed by atoms with Crippen LogP contribution in [0, 0.1) is 0 Å². The number of H-pyrrole nitrogens is 1. The Hall–Kier alpha value is -3.08. The van der Waals surface area contributed by atoms with Gasteiger partial charge in [0.1, 0.15) is 11.2 Å². The molecule has 0 fully saturated rings. The van der Waals surface area contributed by atoms with E-state index in [0.29, 0.717) is 16.9 Å². The first-order valence-corrected chi connectivity index (χ1v) is 9.55. The van der Waals surface area contributed by atoms with Crippen molar-refractivity contribution in [3.63, 3.8) is 0 Å². The lowest BCUT2D eigenvalue weighted by molar-refractivity contribution is 0.0367. The third-order valence-electron chi connectivity index (χ3n) is 3.90. The lowest BCUT2D eigenvalue weighted by atomic mass is 10.2. The summed E-state index contributed by atoms with van der Waals surface area (Å²) in [5.41, 5.74) is 2.34. The molecule has 144 valence electrons. The van der Waals surface area contributed by atoms with E-state index in [4.69, 9.17) is 0 Å². The van der Waals surface area contributed by atoms with Crippen LogP contribution in [0.4, 0.5) is 14.6 Å². The van der Waals surface area contributed by atoms with Gasteiger partial charge in [0.05, 0.1) is 19.1 Å². The van der Waals surface area contributed by atoms with Gasteiger partial charge in [-0.3, -0.25) is 0 Å². The Kier molecular flexibility index (Phi) is 4.67. The molecule has 4 aromatic rings. The summed E-state index contributed by atoms with van der Waals surface area (Å²) >= 11 is 1.63. The maximum atomic E-state index is 13.2. The predicted molar refractivity (Wildman–Crippen MR) is 103 cm³/mol. The first-order chi connectivity index (χ1) is 13.4. The van der Waals surface area contributed by atoms with Gasteiger partial charge in [-0.25, -0.2) is 13.8 Å². The molecule has 0 bridgehead atoms. The van der Waals surface area contributed by atoms with Crippen LogP contribution in [0.2, 0.25) is 0 Å². The summed E-state index contributed by atoms with van der Waals surface area (Å²) in [5.74, 6) is -2.48. The Morgan fingerprint density at radius 2 is 2.14 bits per heavy atom. The Morgan fingerprint density at radius 3 is 2.93 bits per heavy atom. The molecule has 3 heterocycles. The van der Waals surface area contributed by atoms with Gasteiger partial charge in [-0.05, 0) is 18.4 Å². The first-order valence-electron chi connectivity index (χ1n) is 8.33. The van der Waals surface area contributed by atoms with Crippen molar-refractivity contribution in [3.8, 4) is 17.2 Å². The zero-order valence-electron chi connectivity index (χ0n) is 15.0. The Balaban J connectivity index is 1.70. The molecule has 1 aromatic carbocycles. The Morgan fingerprint density at radius 1 is 1.29 bits per heavy atom. The highest BCUT2D eigenvalue weighted by molar-refractivity contribution is 7.98. The first kappa shape index (κ1) is 18.3. The summed E-state index contributed by atoms with van der Waals surface area (Å²) < 4.78 is 27.9. The van der Waals surface area contributed by atoms with E-state index in [1.807, 2.05) is 30.5 Å². The zero-order valence-corrected chi connectivity index (χ0v) is 15.8. The minimum absolute atomic E-state index is 0.182. The summed E-state index contributed by atoms with van der Waals surface area (Å²) in [6.07, 6.45) is 5.11. The van der Waals surface area contributed by atoms with Gasteiger partial charge in [0.2, 0.25) is 0 Å². The smallest absolute Gasteiger partial charge is 0.262 e. The van der Waals surface area contributed by atoms with E-state index in [-0.39, 0.29) is 11.8 Å². The summed E-state index contributed by atoms with van der Waals surface area (Å²) in [4.78, 5) is 16.7. The molecule has 0 aliphatic heterocycles. The van der Waals surface area contributed by atoms with Crippen molar-refractivity contribution >= 4 is 28.7 Å². The van der Waals surface area contributed by atoms with Gasteiger partial charge in [-0.1, -0.05) is 17.3 Å². The number of imidazole rings is 1. The standard InChI is InChI=1S/C17H16F2N8S/c1-17(18,19)8-20-14-13-15(22-9-21-13)24-16(23-14)27-7-12(25-26-27)10-4-3-5-11(6-10)28-2/h3-7,9H,8H2,1-2H3,(H2,20,21,22,23,24). The van der Waals surface area contributed by atoms with Gasteiger partial charge in [-0.2, -0.15) is 14.6 Å². The van der Waals surface area contributed by atoms with Crippen LogP contribution in [-0.4, -0.2) is 53.7 Å². The minimum atomic E-state index is -2.89. The molecule has 11 heteroatoms. The van der Waals surface area contributed by atoms with Crippen LogP contribution < -0.4 is 5.32 Å². The van der Waals surface area contributed by atoms with E-state index < -0.39 is 12.5 Å². The molecule has 0 unspecified atom stereocenters. The van der Waals surface area contributed by atoms with Gasteiger partial charge in [-0.15, -0.1) is 16.9 Å². The third kappa shape index (κ3) is 3.79. The van der Waals surface area contributed by atoms with Crippen LogP contribution in [0.3, 0.4) is 0 Å². The highest BCUT2D eigenvalue weighted by Gasteiger charge is 2.22. The van der Waals surface area contributed by atoms with Crippen LogP contribution in [0.5, 0.6) is 0 Å². The second-order valence-corrected chi connectivity index (χ2v) is 7.06. The SMILES string of the molecule is CSc1cccc(-c2cn(-c3nc(NCC(C)(F)F)c4[nH]cnc4n3)nn2)c1. The molecule has 2 N–H and O–H groups in total. The molecular formula is C17H16F2N8S. The summed E-state index contributed by atoms with van der Waals surface area (Å²) in [5, 5.41) is 10.9. The van der Waals surface area contributed by atoms with E-state index >= 15 is 0 Å². The fraction of sp³-hybridized carbons (Fsp3) is 0.235. The van der Waals surface area contributed by atoms with E-state index in [9.17, 15) is 8.78 Å². The number of fused-ring (bicyclic) bond motifs is 1. The maximum Gasteiger partial charge on any atom is 0.262 e. The number of thioether (sulfide) groups is 1. The number of halogens is 2. The number of alkyl halides is 2. The van der Waals surface area contributed by atoms with Crippen molar-refractivity contribution in [3.05, 3.63) is 36.8 Å². The van der Waals surface area contributed by atoms with Gasteiger partial charge in [0.15, 0.2) is 11.5 Å². The van der Waals surface area contributed by atoms with E-state index in [1.165, 1.54) is 11.0 Å². The molecule has 0 atom stereocenters. The van der Waals surface area contributed by atoms with Crippen molar-refractivity contribution < 1.29 is 8.78 Å².